The number of hydrogen-bond donors (Lipinski definition) is 1. The van der Waals surface area contributed by atoms with Gasteiger partial charge in [-0.1, -0.05) is 24.3 Å². The van der Waals surface area contributed by atoms with Crippen LogP contribution in [0.4, 0.5) is 4.79 Å². The second kappa shape index (κ2) is 8.56. The fourth-order valence-electron chi connectivity index (χ4n) is 3.12. The maximum Gasteiger partial charge on any atom is 0.318 e. The molecule has 1 aliphatic rings. The molecule has 3 rings (SSSR count). The van der Waals surface area contributed by atoms with Crippen LogP contribution in [-0.4, -0.2) is 49.6 Å². The summed E-state index contributed by atoms with van der Waals surface area (Å²) >= 11 is 1.70. The van der Waals surface area contributed by atoms with E-state index >= 15 is 0 Å². The number of benzene rings is 1. The smallest absolute Gasteiger partial charge is 0.318 e. The van der Waals surface area contributed by atoms with Crippen LogP contribution in [0.2, 0.25) is 0 Å². The van der Waals surface area contributed by atoms with Crippen molar-refractivity contribution in [3.05, 3.63) is 52.2 Å². The number of nitrogens with zero attached hydrogens (tertiary/aromatic N) is 2. The maximum absolute atomic E-state index is 12.8. The van der Waals surface area contributed by atoms with Crippen LogP contribution < -0.4 is 10.1 Å². The molecule has 1 atom stereocenters. The first kappa shape index (κ1) is 18.7. The highest BCUT2D eigenvalue weighted by Gasteiger charge is 2.33. The molecule has 2 aromatic rings. The summed E-state index contributed by atoms with van der Waals surface area (Å²) in [4.78, 5) is 18.1. The first-order chi connectivity index (χ1) is 12.6. The summed E-state index contributed by atoms with van der Waals surface area (Å²) in [6.07, 6.45) is 2.20. The lowest BCUT2D eigenvalue weighted by molar-refractivity contribution is 0.187. The second-order valence-electron chi connectivity index (χ2n) is 6.85. The first-order valence-corrected chi connectivity index (χ1v) is 9.84. The summed E-state index contributed by atoms with van der Waals surface area (Å²) in [5.41, 5.74) is 1.08. The number of nitrogens with one attached hydrogen (secondary N) is 1. The number of carbonyl (C=O) groups is 1. The normalized spacial score (nSPS) is 14.9. The average Bonchev–Trinajstić information content (AvgIpc) is 3.35. The molecule has 1 saturated carbocycles. The fourth-order valence-corrected chi connectivity index (χ4v) is 3.82. The Morgan fingerprint density at radius 3 is 2.65 bits per heavy atom. The van der Waals surface area contributed by atoms with Crippen LogP contribution in [0, 0.1) is 0 Å². The van der Waals surface area contributed by atoms with Crippen molar-refractivity contribution in [3.8, 4) is 5.75 Å². The van der Waals surface area contributed by atoms with Crippen LogP contribution in [0.3, 0.4) is 0 Å². The maximum atomic E-state index is 12.8. The van der Waals surface area contributed by atoms with Gasteiger partial charge in [-0.2, -0.15) is 0 Å². The molecule has 6 heteroatoms. The Balaban J connectivity index is 1.67. The lowest BCUT2D eigenvalue weighted by Gasteiger charge is -2.28. The number of methoxy groups -OCH3 is 1. The number of thiophene rings is 1. The first-order valence-electron chi connectivity index (χ1n) is 8.96. The summed E-state index contributed by atoms with van der Waals surface area (Å²) in [5, 5.41) is 5.20. The molecule has 2 amide bonds. The quantitative estimate of drug-likeness (QED) is 0.767. The molecule has 1 fully saturated rings. The molecule has 1 heterocycles. The highest BCUT2D eigenvalue weighted by atomic mass is 32.1. The fraction of sp³-hybridized carbons (Fsp3) is 0.450. The van der Waals surface area contributed by atoms with Crippen molar-refractivity contribution < 1.29 is 9.53 Å². The molecule has 0 saturated heterocycles. The molecule has 1 aliphatic carbocycles. The minimum atomic E-state index is 0.0163. The van der Waals surface area contributed by atoms with Gasteiger partial charge in [-0.25, -0.2) is 4.79 Å². The Morgan fingerprint density at radius 2 is 2.04 bits per heavy atom. The van der Waals surface area contributed by atoms with Crippen molar-refractivity contribution in [2.75, 3.05) is 27.7 Å². The van der Waals surface area contributed by atoms with Gasteiger partial charge < -0.3 is 19.9 Å². The standard InChI is InChI=1S/C20H27N3O2S/c1-22(2)18(17-8-4-5-9-19(17)25-3)13-21-20(24)23(15-10-11-15)14-16-7-6-12-26-16/h4-9,12,15,18H,10-11,13-14H2,1-3H3,(H,21,24). The number of carbonyl (C=O) groups excluding carboxylic acids is 1. The van der Waals surface area contributed by atoms with Crippen LogP contribution in [-0.2, 0) is 6.54 Å². The van der Waals surface area contributed by atoms with E-state index in [9.17, 15) is 4.79 Å². The minimum Gasteiger partial charge on any atom is -0.496 e. The third-order valence-electron chi connectivity index (χ3n) is 4.72. The number of urea groups is 1. The monoisotopic (exact) mass is 373 g/mol. The van der Waals surface area contributed by atoms with E-state index in [2.05, 4.69) is 27.7 Å². The third kappa shape index (κ3) is 4.56. The average molecular weight is 374 g/mol. The van der Waals surface area contributed by atoms with E-state index in [-0.39, 0.29) is 12.1 Å². The molecule has 1 aromatic heterocycles. The molecule has 1 N–H and O–H groups in total. The van der Waals surface area contributed by atoms with Gasteiger partial charge in [0, 0.05) is 23.0 Å². The van der Waals surface area contributed by atoms with Gasteiger partial charge in [0.05, 0.1) is 19.7 Å². The predicted molar refractivity (Wildman–Crippen MR) is 106 cm³/mol. The van der Waals surface area contributed by atoms with E-state index in [4.69, 9.17) is 4.74 Å². The van der Waals surface area contributed by atoms with E-state index in [1.807, 2.05) is 43.3 Å². The van der Waals surface area contributed by atoms with Gasteiger partial charge in [-0.3, -0.25) is 0 Å². The zero-order chi connectivity index (χ0) is 18.5. The van der Waals surface area contributed by atoms with Crippen LogP contribution in [0.15, 0.2) is 41.8 Å². The number of rotatable bonds is 8. The Labute approximate surface area is 159 Å². The van der Waals surface area contributed by atoms with E-state index in [1.165, 1.54) is 4.88 Å². The van der Waals surface area contributed by atoms with Gasteiger partial charge in [-0.05, 0) is 44.4 Å². The summed E-state index contributed by atoms with van der Waals surface area (Å²) in [6.45, 7) is 1.23. The summed E-state index contributed by atoms with van der Waals surface area (Å²) in [6, 6.07) is 12.5. The van der Waals surface area contributed by atoms with Crippen molar-refractivity contribution in [1.82, 2.24) is 15.1 Å². The van der Waals surface area contributed by atoms with E-state index in [0.717, 1.165) is 24.2 Å². The van der Waals surface area contributed by atoms with Crippen LogP contribution in [0.5, 0.6) is 5.75 Å². The van der Waals surface area contributed by atoms with Gasteiger partial charge in [0.2, 0.25) is 0 Å². The summed E-state index contributed by atoms with van der Waals surface area (Å²) in [5.74, 6) is 0.845. The van der Waals surface area contributed by atoms with E-state index in [0.29, 0.717) is 19.1 Å². The van der Waals surface area contributed by atoms with Crippen molar-refractivity contribution in [1.29, 1.82) is 0 Å². The Morgan fingerprint density at radius 1 is 1.27 bits per heavy atom. The number of para-hydroxylation sites is 1. The number of amides is 2. The van der Waals surface area contributed by atoms with Crippen LogP contribution in [0.1, 0.15) is 29.3 Å². The topological polar surface area (TPSA) is 44.8 Å². The second-order valence-corrected chi connectivity index (χ2v) is 7.88. The number of ether oxygens (including phenoxy) is 1. The largest absolute Gasteiger partial charge is 0.496 e. The Hall–Kier alpha value is -2.05. The van der Waals surface area contributed by atoms with Crippen molar-refractivity contribution in [2.45, 2.75) is 31.5 Å². The summed E-state index contributed by atoms with van der Waals surface area (Å²) in [7, 11) is 5.72. The molecule has 140 valence electrons. The zero-order valence-electron chi connectivity index (χ0n) is 15.6. The van der Waals surface area contributed by atoms with E-state index < -0.39 is 0 Å². The number of hydrogen-bond acceptors (Lipinski definition) is 4. The summed E-state index contributed by atoms with van der Waals surface area (Å²) < 4.78 is 5.50. The lowest BCUT2D eigenvalue weighted by Crippen LogP contribution is -2.44. The Bertz CT molecular complexity index is 714. The highest BCUT2D eigenvalue weighted by molar-refractivity contribution is 7.09. The van der Waals surface area contributed by atoms with Crippen LogP contribution in [0.25, 0.3) is 0 Å². The molecule has 5 nitrogen and oxygen atoms in total. The van der Waals surface area contributed by atoms with Crippen molar-refractivity contribution in [3.63, 3.8) is 0 Å². The Kier molecular flexibility index (Phi) is 6.16. The minimum absolute atomic E-state index is 0.0163. The number of likely N-dealkylation sites (N-methyl/N-ethyl adjacent to an activating group) is 1. The molecule has 26 heavy (non-hydrogen) atoms. The molecule has 0 spiro atoms. The molecule has 1 aromatic carbocycles. The molecule has 0 radical (unpaired) electrons. The van der Waals surface area contributed by atoms with Gasteiger partial charge >= 0.3 is 6.03 Å². The van der Waals surface area contributed by atoms with Crippen LogP contribution >= 0.6 is 11.3 Å². The highest BCUT2D eigenvalue weighted by Crippen LogP contribution is 2.30. The third-order valence-corrected chi connectivity index (χ3v) is 5.58. The van der Waals surface area contributed by atoms with Crippen molar-refractivity contribution in [2.24, 2.45) is 0 Å². The van der Waals surface area contributed by atoms with Gasteiger partial charge in [-0.15, -0.1) is 11.3 Å². The SMILES string of the molecule is COc1ccccc1C(CNC(=O)N(Cc1cccs1)C1CC1)N(C)C. The molecular weight excluding hydrogens is 346 g/mol. The zero-order valence-corrected chi connectivity index (χ0v) is 16.5. The van der Waals surface area contributed by atoms with E-state index in [1.54, 1.807) is 18.4 Å². The van der Waals surface area contributed by atoms with Gasteiger partial charge in [0.1, 0.15) is 5.75 Å². The lowest BCUT2D eigenvalue weighted by atomic mass is 10.0. The van der Waals surface area contributed by atoms with Gasteiger partial charge in [0.25, 0.3) is 0 Å². The van der Waals surface area contributed by atoms with Gasteiger partial charge in [0.15, 0.2) is 0 Å². The molecular formula is C20H27N3O2S. The molecule has 1 unspecified atom stereocenters. The molecule has 0 bridgehead atoms. The van der Waals surface area contributed by atoms with Crippen molar-refractivity contribution >= 4 is 17.4 Å². The molecule has 0 aliphatic heterocycles. The predicted octanol–water partition coefficient (Wildman–Crippen LogP) is 3.73.